The first-order valence-corrected chi connectivity index (χ1v) is 11.7. The molecule has 2 aliphatic carbocycles. The van der Waals surface area contributed by atoms with E-state index in [9.17, 15) is 4.79 Å². The molecule has 6 rings (SSSR count). The summed E-state index contributed by atoms with van der Waals surface area (Å²) in [5.41, 5.74) is 8.55. The number of rotatable bonds is 7. The summed E-state index contributed by atoms with van der Waals surface area (Å²) in [5.74, 6) is 3.08. The molecule has 4 fully saturated rings. The lowest BCUT2D eigenvalue weighted by Crippen LogP contribution is -2.35. The van der Waals surface area contributed by atoms with Gasteiger partial charge in [0, 0.05) is 31.9 Å². The molecule has 4 atom stereocenters. The Morgan fingerprint density at radius 1 is 1.19 bits per heavy atom. The number of likely N-dealkylation sites (tertiary alicyclic amines) is 1. The van der Waals surface area contributed by atoms with Gasteiger partial charge in [-0.3, -0.25) is 9.80 Å². The zero-order valence-corrected chi connectivity index (χ0v) is 18.4. The van der Waals surface area contributed by atoms with Crippen LogP contribution in [0.1, 0.15) is 36.9 Å². The highest BCUT2D eigenvalue weighted by Crippen LogP contribution is 2.44. The number of amides is 1. The minimum Gasteiger partial charge on any atom is -0.447 e. The van der Waals surface area contributed by atoms with Crippen molar-refractivity contribution in [1.29, 1.82) is 0 Å². The number of aromatic nitrogens is 2. The molecule has 8 nitrogen and oxygen atoms in total. The van der Waals surface area contributed by atoms with Crippen LogP contribution < -0.4 is 16.0 Å². The van der Waals surface area contributed by atoms with E-state index in [4.69, 9.17) is 10.5 Å². The molecule has 2 aliphatic heterocycles. The van der Waals surface area contributed by atoms with E-state index >= 15 is 0 Å². The summed E-state index contributed by atoms with van der Waals surface area (Å²) in [6.07, 6.45) is 3.68. The van der Waals surface area contributed by atoms with Crippen LogP contribution in [0.3, 0.4) is 0 Å². The molecule has 1 amide bonds. The number of fused-ring (bicyclic) bond motifs is 1. The number of piperidine rings is 1. The van der Waals surface area contributed by atoms with Crippen molar-refractivity contribution in [2.75, 3.05) is 29.9 Å². The second-order valence-electron chi connectivity index (χ2n) is 9.80. The van der Waals surface area contributed by atoms with E-state index in [-0.39, 0.29) is 18.2 Å². The molecule has 168 valence electrons. The van der Waals surface area contributed by atoms with Crippen LogP contribution in [-0.2, 0) is 11.3 Å². The first kappa shape index (κ1) is 19.9. The van der Waals surface area contributed by atoms with Gasteiger partial charge in [-0.1, -0.05) is 24.3 Å². The maximum atomic E-state index is 12.3. The number of ether oxygens (including phenoxy) is 1. The molecule has 4 aliphatic rings. The van der Waals surface area contributed by atoms with Crippen LogP contribution in [0, 0.1) is 17.8 Å². The van der Waals surface area contributed by atoms with Crippen molar-refractivity contribution in [2.45, 2.75) is 44.4 Å². The third-order valence-electron chi connectivity index (χ3n) is 7.53. The van der Waals surface area contributed by atoms with E-state index in [0.717, 1.165) is 44.3 Å². The molecule has 32 heavy (non-hydrogen) atoms. The number of benzene rings is 1. The maximum absolute atomic E-state index is 12.3. The smallest absolute Gasteiger partial charge is 0.415 e. The summed E-state index contributed by atoms with van der Waals surface area (Å²) in [4.78, 5) is 25.5. The van der Waals surface area contributed by atoms with E-state index < -0.39 is 0 Å². The van der Waals surface area contributed by atoms with Gasteiger partial charge in [-0.15, -0.1) is 0 Å². The molecule has 2 unspecified atom stereocenters. The lowest BCUT2D eigenvalue weighted by atomic mass is 10.1. The number of hydrogen-bond acceptors (Lipinski definition) is 7. The Morgan fingerprint density at radius 2 is 1.94 bits per heavy atom. The third-order valence-corrected chi connectivity index (χ3v) is 7.53. The Kier molecular flexibility index (Phi) is 4.80. The topological polar surface area (TPSA) is 96.6 Å². The van der Waals surface area contributed by atoms with Gasteiger partial charge in [-0.05, 0) is 54.7 Å². The molecule has 2 saturated carbocycles. The summed E-state index contributed by atoms with van der Waals surface area (Å²) in [7, 11) is 0. The van der Waals surface area contributed by atoms with Crippen LogP contribution in [0.2, 0.25) is 0 Å². The predicted octanol–water partition coefficient (Wildman–Crippen LogP) is 2.77. The monoisotopic (exact) mass is 434 g/mol. The fourth-order valence-electron chi connectivity index (χ4n) is 5.32. The van der Waals surface area contributed by atoms with E-state index in [1.165, 1.54) is 11.1 Å². The first-order chi connectivity index (χ1) is 15.6. The van der Waals surface area contributed by atoms with E-state index in [0.29, 0.717) is 30.3 Å². The van der Waals surface area contributed by atoms with Gasteiger partial charge in [-0.2, -0.15) is 4.98 Å². The number of cyclic esters (lactones) is 1. The lowest BCUT2D eigenvalue weighted by Gasteiger charge is -2.21. The second kappa shape index (κ2) is 7.71. The second-order valence-corrected chi connectivity index (χ2v) is 9.80. The summed E-state index contributed by atoms with van der Waals surface area (Å²) >= 11 is 0. The average Bonchev–Trinajstić information content (AvgIpc) is 3.64. The maximum Gasteiger partial charge on any atom is 0.415 e. The summed E-state index contributed by atoms with van der Waals surface area (Å²) in [6, 6.07) is 11.1. The Labute approximate surface area is 188 Å². The normalized spacial score (nSPS) is 30.2. The minimum atomic E-state index is -0.313. The minimum absolute atomic E-state index is 0.0430. The van der Waals surface area contributed by atoms with E-state index in [2.05, 4.69) is 51.4 Å². The number of nitrogens with one attached hydrogen (secondary N) is 1. The zero-order chi connectivity index (χ0) is 21.8. The predicted molar refractivity (Wildman–Crippen MR) is 121 cm³/mol. The molecule has 1 aromatic carbocycles. The highest BCUT2D eigenvalue weighted by Gasteiger charge is 2.53. The van der Waals surface area contributed by atoms with Gasteiger partial charge in [0.25, 0.3) is 0 Å². The highest BCUT2D eigenvalue weighted by molar-refractivity contribution is 5.89. The van der Waals surface area contributed by atoms with Gasteiger partial charge >= 0.3 is 6.09 Å². The Bertz CT molecular complexity index is 998. The van der Waals surface area contributed by atoms with Crippen molar-refractivity contribution in [3.63, 3.8) is 0 Å². The van der Waals surface area contributed by atoms with Crippen molar-refractivity contribution < 1.29 is 9.53 Å². The summed E-state index contributed by atoms with van der Waals surface area (Å²) in [5, 5.41) is 3.38. The lowest BCUT2D eigenvalue weighted by molar-refractivity contribution is 0.178. The van der Waals surface area contributed by atoms with Crippen LogP contribution in [0.25, 0.3) is 0 Å². The third kappa shape index (κ3) is 3.71. The van der Waals surface area contributed by atoms with Gasteiger partial charge < -0.3 is 15.8 Å². The standard InChI is InChI=1S/C24H30N6O2/c1-14(16-4-2-15(3-5-16)10-29-11-18-19(12-29)22(18)25)27-23-26-9-8-21(28-23)30-20(17-6-7-17)13-32-24(30)31/h2-5,8-9,14,17-20,22H,6-7,10-13,25H2,1H3,(H,26,27,28)/t14-,18?,19?,20+,22?/m0/s1. The summed E-state index contributed by atoms with van der Waals surface area (Å²) in [6.45, 7) is 5.79. The number of anilines is 2. The quantitative estimate of drug-likeness (QED) is 0.692. The Balaban J connectivity index is 1.09. The van der Waals surface area contributed by atoms with Crippen molar-refractivity contribution in [1.82, 2.24) is 14.9 Å². The molecule has 0 spiro atoms. The van der Waals surface area contributed by atoms with E-state index in [1.54, 1.807) is 17.2 Å². The first-order valence-electron chi connectivity index (χ1n) is 11.7. The molecule has 8 heteroatoms. The van der Waals surface area contributed by atoms with Gasteiger partial charge in [0.05, 0.1) is 12.1 Å². The number of nitrogens with zero attached hydrogens (tertiary/aromatic N) is 4. The van der Waals surface area contributed by atoms with Crippen molar-refractivity contribution in [3.05, 3.63) is 47.7 Å². The van der Waals surface area contributed by atoms with Crippen LogP contribution in [-0.4, -0.2) is 52.7 Å². The van der Waals surface area contributed by atoms with Crippen molar-refractivity contribution in [3.8, 4) is 0 Å². The molecule has 2 saturated heterocycles. The largest absolute Gasteiger partial charge is 0.447 e. The molecular formula is C24H30N6O2. The zero-order valence-electron chi connectivity index (χ0n) is 18.4. The summed E-state index contributed by atoms with van der Waals surface area (Å²) < 4.78 is 5.29. The van der Waals surface area contributed by atoms with Crippen molar-refractivity contribution >= 4 is 17.9 Å². The van der Waals surface area contributed by atoms with Gasteiger partial charge in [-0.25, -0.2) is 9.78 Å². The number of carbonyl (C=O) groups excluding carboxylic acids is 1. The van der Waals surface area contributed by atoms with Gasteiger partial charge in [0.15, 0.2) is 0 Å². The van der Waals surface area contributed by atoms with Gasteiger partial charge in [0.2, 0.25) is 5.95 Å². The number of hydrogen-bond donors (Lipinski definition) is 2. The van der Waals surface area contributed by atoms with Crippen LogP contribution in [0.15, 0.2) is 36.5 Å². The Morgan fingerprint density at radius 3 is 2.66 bits per heavy atom. The SMILES string of the molecule is C[C@H](Nc1nccc(N2C(=O)OC[C@@H]2C2CC2)n1)c1ccc(CN2CC3C(N)C3C2)cc1. The molecule has 3 heterocycles. The molecule has 3 N–H and O–H groups in total. The molecule has 0 bridgehead atoms. The van der Waals surface area contributed by atoms with Crippen LogP contribution in [0.4, 0.5) is 16.6 Å². The highest BCUT2D eigenvalue weighted by atomic mass is 16.6. The average molecular weight is 435 g/mol. The fourth-order valence-corrected chi connectivity index (χ4v) is 5.32. The van der Waals surface area contributed by atoms with Crippen LogP contribution in [0.5, 0.6) is 0 Å². The molecule has 0 radical (unpaired) electrons. The van der Waals surface area contributed by atoms with Gasteiger partial charge in [0.1, 0.15) is 12.4 Å². The molecular weight excluding hydrogens is 404 g/mol. The Hall–Kier alpha value is -2.71. The number of carbonyl (C=O) groups is 1. The molecule has 2 aromatic rings. The fraction of sp³-hybridized carbons (Fsp3) is 0.542. The van der Waals surface area contributed by atoms with Crippen LogP contribution >= 0.6 is 0 Å². The molecule has 1 aromatic heterocycles. The van der Waals surface area contributed by atoms with Crippen molar-refractivity contribution in [2.24, 2.45) is 23.5 Å². The number of nitrogens with two attached hydrogens (primary N) is 1. The van der Waals surface area contributed by atoms with E-state index in [1.807, 2.05) is 0 Å².